The van der Waals surface area contributed by atoms with Crippen LogP contribution in [-0.2, 0) is 52.4 Å². The Morgan fingerprint density at radius 2 is 0.566 bits per heavy atom. The van der Waals surface area contributed by atoms with Gasteiger partial charge in [-0.3, -0.25) is 42.5 Å². The molecule has 0 saturated heterocycles. The van der Waals surface area contributed by atoms with Gasteiger partial charge in [0, 0.05) is 93.9 Å². The summed E-state index contributed by atoms with van der Waals surface area (Å²) in [6, 6.07) is 10.7. The molecule has 8 aliphatic rings. The predicted octanol–water partition coefficient (Wildman–Crippen LogP) is 8.62. The van der Waals surface area contributed by atoms with Gasteiger partial charge >= 0.3 is 0 Å². The Balaban J connectivity index is 0.000000174. The summed E-state index contributed by atoms with van der Waals surface area (Å²) in [5.74, 6) is 10.5. The smallest absolute Gasteiger partial charge is 0.202 e. The number of guanidine groups is 16. The third kappa shape index (κ3) is 37.0. The Labute approximate surface area is 831 Å². The van der Waals surface area contributed by atoms with Crippen LogP contribution in [0, 0.1) is 55.4 Å². The minimum Gasteiger partial charge on any atom is -0.370 e. The molecule has 40 nitrogen and oxygen atoms in total. The predicted molar refractivity (Wildman–Crippen MR) is 578 cm³/mol. The maximum atomic E-state index is 5.69. The molecule has 8 atom stereocenters. The van der Waals surface area contributed by atoms with Crippen molar-refractivity contribution in [2.45, 2.75) is 212 Å². The summed E-state index contributed by atoms with van der Waals surface area (Å²) in [7, 11) is 15.8. The average Bonchev–Trinajstić information content (AvgIpc) is 1.74. The van der Waals surface area contributed by atoms with Crippen molar-refractivity contribution in [3.8, 4) is 0 Å². The van der Waals surface area contributed by atoms with Crippen LogP contribution in [-0.4, -0.2) is 226 Å². The molecule has 24 N–H and O–H groups in total. The van der Waals surface area contributed by atoms with Crippen LogP contribution < -0.4 is 103 Å². The van der Waals surface area contributed by atoms with Crippen molar-refractivity contribution >= 4 is 186 Å². The molecule has 8 unspecified atom stereocenters. The number of aliphatic imine (C=N–C) groups is 16. The Morgan fingerprint density at radius 1 is 0.287 bits per heavy atom. The van der Waals surface area contributed by atoms with Crippen molar-refractivity contribution in [3.05, 3.63) is 175 Å². The third-order valence-electron chi connectivity index (χ3n) is 19.7. The van der Waals surface area contributed by atoms with Crippen LogP contribution in [0.25, 0.3) is 0 Å². The van der Waals surface area contributed by atoms with E-state index in [9.17, 15) is 0 Å². The van der Waals surface area contributed by atoms with E-state index in [4.69, 9.17) is 28.7 Å². The van der Waals surface area contributed by atoms with Crippen molar-refractivity contribution in [2.24, 2.45) is 109 Å². The molecule has 8 aliphatic heterocycles. The molecule has 0 aliphatic carbocycles. The van der Waals surface area contributed by atoms with Gasteiger partial charge in [-0.25, -0.2) is 79.9 Å². The van der Waals surface area contributed by atoms with Crippen molar-refractivity contribution in [1.82, 2.24) is 98.9 Å². The standard InChI is InChI=1S/3C12H19N5S.2C11H17N5S.3C10H15N5S/c1-8-6-18-7-10(8)5-13-11-14-9(2)15-12(16-11)17(3)4;1-8-5-10(7-18-8)6-13-11-14-9(2)15-12(16-11)17(3)4;1-8-10(5-6-18-8)7-13-11-14-9(2)15-12(16-11)17(3)4;1-7-5-17-6-9(7)4-16(3)11-14-8(2)13-10(12)15-11;1-7-4-9(6-17-7)5-16(3)11-14-8(2)13-10(12)15-11;1-6-4-16-5-8(6)3-12-10-14-7(2)13-9(11)15-10;1-6-3-8(5-16-6)4-12-10-14-7(2)13-9(11)15-10;1-6-8(3-4-16-6)5-12-10-14-7(2)13-9(11)15-10/h6-7,9H,5H2,1-4H3,(H2,13,14,15,16);5,7,9H,6H2,1-4H3,(H2,13,14,15,16);5-6,9H,7H2,1-4H3,(H2,13,14,15,16);5-6,8H,4H2,1-3H3,(H3,12,13,14,15);4,6,8H,5H2,1-3H3,(H3,12,13,14,15);4-5,7H,3H2,1-2H3,(H4,11,12,13,14,15);3,5,7H,4H2,1-2H3,(H4,11,12,13,14,15);3-4,7H,5H2,1-2H3,(H4,11,12,13,14,15). The molecule has 8 aromatic rings. The van der Waals surface area contributed by atoms with Crippen LogP contribution in [0.4, 0.5) is 0 Å². The fourth-order valence-electron chi connectivity index (χ4n) is 12.6. The van der Waals surface area contributed by atoms with Gasteiger partial charge in [0.25, 0.3) is 0 Å². The zero-order valence-corrected chi connectivity index (χ0v) is 88.6. The van der Waals surface area contributed by atoms with Gasteiger partial charge in [-0.05, 0) is 261 Å². The Hall–Kier alpha value is -12.5. The molecule has 0 aromatic carbocycles. The largest absolute Gasteiger partial charge is 0.370 e. The van der Waals surface area contributed by atoms with Crippen molar-refractivity contribution in [2.75, 3.05) is 56.4 Å². The van der Waals surface area contributed by atoms with E-state index < -0.39 is 0 Å². The van der Waals surface area contributed by atoms with Crippen LogP contribution in [0.3, 0.4) is 0 Å². The molecule has 0 saturated carbocycles. The summed E-state index contributed by atoms with van der Waals surface area (Å²) in [6.07, 6.45) is -0.157. The summed E-state index contributed by atoms with van der Waals surface area (Å²) in [5.41, 5.74) is 42.2. The maximum absolute atomic E-state index is 5.69. The zero-order chi connectivity index (χ0) is 98.8. The topological polar surface area (TPSA) is 512 Å². The number of thiophene rings is 8. The molecular formula is C88H136N40S8. The first kappa shape index (κ1) is 107. The number of nitrogens with two attached hydrogens (primary N) is 5. The molecule has 736 valence electrons. The lowest BCUT2D eigenvalue weighted by Gasteiger charge is -2.26. The van der Waals surface area contributed by atoms with Gasteiger partial charge in [0.1, 0.15) is 49.3 Å². The molecule has 0 spiro atoms. The van der Waals surface area contributed by atoms with Crippen molar-refractivity contribution in [3.63, 3.8) is 0 Å². The van der Waals surface area contributed by atoms with Gasteiger partial charge < -0.3 is 85.1 Å². The molecule has 48 heteroatoms. The minimum atomic E-state index is -0.114. The second-order valence-electron chi connectivity index (χ2n) is 32.8. The van der Waals surface area contributed by atoms with E-state index in [0.717, 1.165) is 60.8 Å². The normalized spacial score (nSPS) is 21.2. The Morgan fingerprint density at radius 3 is 0.838 bits per heavy atom. The van der Waals surface area contributed by atoms with E-state index in [1.807, 2.05) is 136 Å². The first-order valence-electron chi connectivity index (χ1n) is 43.9. The van der Waals surface area contributed by atoms with Crippen LogP contribution in [0.5, 0.6) is 0 Å². The maximum Gasteiger partial charge on any atom is 0.202 e. The fourth-order valence-corrected chi connectivity index (χ4v) is 18.7. The SMILES string of the molecule is Cc1cc(CN(C)C2=NC(C)N=C(N)N2)cs1.Cc1cc(CN=C2NC(N(C)C)=NC(C)N2)cs1.Cc1cc(CN=C2NC(N)=NC(C)N2)cs1.Cc1cscc1CN(C)C1=NC(C)N=C(N)N1.Cc1cscc1CN=C1NC(N(C)C)=NC(C)N1.Cc1cscc1CN=C1NC(N)=NC(C)N1.Cc1sccc1CN=C1NC(N(C)C)=NC(C)N1.Cc1sccc1CN=C1NC(N)=NC(C)N1. The van der Waals surface area contributed by atoms with Crippen molar-refractivity contribution in [1.29, 1.82) is 0 Å². The molecule has 136 heavy (non-hydrogen) atoms. The monoisotopic (exact) mass is 2010 g/mol. The molecule has 16 rings (SSSR count). The van der Waals surface area contributed by atoms with E-state index in [1.54, 1.807) is 90.7 Å². The lowest BCUT2D eigenvalue weighted by atomic mass is 10.2. The minimum absolute atomic E-state index is 0.0239. The van der Waals surface area contributed by atoms with Crippen LogP contribution >= 0.6 is 90.7 Å². The zero-order valence-electron chi connectivity index (χ0n) is 82.1. The Bertz CT molecular complexity index is 5530. The quantitative estimate of drug-likeness (QED) is 0.0430. The molecule has 8 aromatic heterocycles. The third-order valence-corrected chi connectivity index (χ3v) is 26.9. The van der Waals surface area contributed by atoms with Gasteiger partial charge in [0.2, 0.25) is 29.8 Å². The molecular weight excluding hydrogens is 1870 g/mol. The lowest BCUT2D eigenvalue weighted by molar-refractivity contribution is 0.478. The number of hydrogen-bond acceptors (Lipinski definition) is 36. The first-order valence-corrected chi connectivity index (χ1v) is 51.2. The summed E-state index contributed by atoms with van der Waals surface area (Å²) in [4.78, 5) is 86.0. The lowest BCUT2D eigenvalue weighted by Crippen LogP contribution is -2.53. The van der Waals surface area contributed by atoms with E-state index >= 15 is 0 Å². The van der Waals surface area contributed by atoms with Gasteiger partial charge in [-0.2, -0.15) is 34.0 Å². The highest BCUT2D eigenvalue weighted by Gasteiger charge is 2.23. The van der Waals surface area contributed by atoms with Crippen molar-refractivity contribution < 1.29 is 0 Å². The van der Waals surface area contributed by atoms with Gasteiger partial charge in [0.15, 0.2) is 65.6 Å². The van der Waals surface area contributed by atoms with Crippen LogP contribution in [0.15, 0.2) is 169 Å². The van der Waals surface area contributed by atoms with Gasteiger partial charge in [-0.1, -0.05) is 0 Å². The van der Waals surface area contributed by atoms with Gasteiger partial charge in [0.05, 0.1) is 39.3 Å². The number of rotatable bonds is 16. The molecule has 0 fully saturated rings. The number of nitrogens with zero attached hydrogens (tertiary/aromatic N) is 21. The Kier molecular flexibility index (Phi) is 41.9. The van der Waals surface area contributed by atoms with E-state index in [2.05, 4.69) is 299 Å². The number of nitrogens with one attached hydrogen (secondary N) is 14. The highest BCUT2D eigenvalue weighted by molar-refractivity contribution is 7.11. The molecule has 0 amide bonds. The fraction of sp³-hybridized carbons (Fsp3) is 0.455. The summed E-state index contributed by atoms with van der Waals surface area (Å²) in [6.45, 7) is 38.2. The average molecular weight is 2010 g/mol. The first-order chi connectivity index (χ1) is 64.7. The highest BCUT2D eigenvalue weighted by atomic mass is 32.1. The van der Waals surface area contributed by atoms with E-state index in [0.29, 0.717) is 86.9 Å². The molecule has 0 radical (unpaired) electrons. The van der Waals surface area contributed by atoms with E-state index in [-0.39, 0.29) is 49.3 Å². The summed E-state index contributed by atoms with van der Waals surface area (Å²) >= 11 is 13.9. The second-order valence-corrected chi connectivity index (χ2v) is 40.7. The van der Waals surface area contributed by atoms with Crippen LogP contribution in [0.2, 0.25) is 0 Å². The molecule has 16 heterocycles. The second kappa shape index (κ2) is 53.1. The van der Waals surface area contributed by atoms with E-state index in [1.165, 1.54) is 85.6 Å². The van der Waals surface area contributed by atoms with Gasteiger partial charge in [-0.15, -0.1) is 56.7 Å². The number of hydrogen-bond donors (Lipinski definition) is 19. The summed E-state index contributed by atoms with van der Waals surface area (Å²) in [5, 5.41) is 66.6. The van der Waals surface area contributed by atoms with Crippen LogP contribution in [0.1, 0.15) is 141 Å². The summed E-state index contributed by atoms with van der Waals surface area (Å²) < 4.78 is 0. The molecule has 0 bridgehead atoms. The highest BCUT2D eigenvalue weighted by Crippen LogP contribution is 2.23. The number of aryl methyl sites for hydroxylation is 8.